The first-order valence-corrected chi connectivity index (χ1v) is 19.6. The Hall–Kier alpha value is -4.88. The number of benzene rings is 6. The molecule has 0 saturated carbocycles. The first kappa shape index (κ1) is 44.3. The Morgan fingerprint density at radius 3 is 0.604 bits per heavy atom. The van der Waals surface area contributed by atoms with Gasteiger partial charge in [-0.05, 0) is 86.6 Å². The van der Waals surface area contributed by atoms with Gasteiger partial charge in [-0.25, -0.2) is 0 Å². The Morgan fingerprint density at radius 1 is 0.358 bits per heavy atom. The van der Waals surface area contributed by atoms with Gasteiger partial charge < -0.3 is 10.2 Å². The van der Waals surface area contributed by atoms with E-state index in [1.165, 1.54) is 45.7 Å². The van der Waals surface area contributed by atoms with Crippen LogP contribution in [0.15, 0.2) is 182 Å². The molecule has 6 rings (SSSR count). The minimum atomic E-state index is -1.06. The molecule has 9 heteroatoms. The maximum Gasteiger partial charge on any atom is 0.310 e. The van der Waals surface area contributed by atoms with Gasteiger partial charge in [0.25, 0.3) is 0 Å². The quantitative estimate of drug-likeness (QED) is 0.0934. The summed E-state index contributed by atoms with van der Waals surface area (Å²) in [6.07, 6.45) is -0.722. The van der Waals surface area contributed by atoms with Crippen LogP contribution in [0.5, 0.6) is 0 Å². The van der Waals surface area contributed by atoms with Gasteiger partial charge in [0.1, 0.15) is 56.2 Å². The molecule has 0 unspecified atom stereocenters. The number of carbonyl (C=O) groups excluding carboxylic acids is 2. The zero-order valence-electron chi connectivity index (χ0n) is 29.6. The molecule has 6 aromatic carbocycles. The van der Waals surface area contributed by atoms with Crippen molar-refractivity contribution < 1.29 is 49.8 Å². The molecule has 0 atom stereocenters. The van der Waals surface area contributed by atoms with Crippen LogP contribution in [-0.2, 0) is 39.6 Å². The molecule has 6 nitrogen and oxygen atoms in total. The van der Waals surface area contributed by atoms with Gasteiger partial charge in [0.15, 0.2) is 0 Å². The van der Waals surface area contributed by atoms with E-state index in [1.807, 2.05) is 0 Å². The Kier molecular flexibility index (Phi) is 21.0. The third-order valence-corrected chi connectivity index (χ3v) is 12.6. The van der Waals surface area contributed by atoms with Crippen molar-refractivity contribution in [3.63, 3.8) is 0 Å². The van der Waals surface area contributed by atoms with E-state index < -0.39 is 27.8 Å². The third kappa shape index (κ3) is 17.0. The second-order valence-electron chi connectivity index (χ2n) is 11.5. The minimum Gasteiger partial charge on any atom is -0.481 e. The fourth-order valence-corrected chi connectivity index (χ4v) is 10.2. The molecule has 274 valence electrons. The number of carbonyl (C=O) groups is 4. The summed E-state index contributed by atoms with van der Waals surface area (Å²) in [4.78, 5) is 38.9. The monoisotopic (exact) mass is 836 g/mol. The van der Waals surface area contributed by atoms with Crippen molar-refractivity contribution >= 4 is 71.2 Å². The normalized spacial score (nSPS) is 9.74. The van der Waals surface area contributed by atoms with E-state index in [0.29, 0.717) is 0 Å². The summed E-state index contributed by atoms with van der Waals surface area (Å²) in [5.74, 6) is -2.75. The molecule has 0 aliphatic rings. The SMILES string of the molecule is CC(=O)CC(=O)O.CC(=O)CC(=O)O.[Pd].c1ccc([PH+](c2ccccc2)c2ccccc2)cc1.c1ccc([PH+](c2ccccc2)c2ccccc2)cc1. The van der Waals surface area contributed by atoms with Gasteiger partial charge in [0.2, 0.25) is 0 Å². The number of hydrogen-bond donors (Lipinski definition) is 2. The summed E-state index contributed by atoms with van der Waals surface area (Å²) in [7, 11) is -1.75. The smallest absolute Gasteiger partial charge is 0.310 e. The maximum absolute atomic E-state index is 9.87. The first-order valence-electron chi connectivity index (χ1n) is 16.6. The molecule has 0 heterocycles. The Balaban J connectivity index is 0.000000269. The number of carboxylic acid groups (broad SMARTS) is 2. The van der Waals surface area contributed by atoms with E-state index in [2.05, 4.69) is 182 Å². The largest absolute Gasteiger partial charge is 0.481 e. The van der Waals surface area contributed by atoms with Crippen molar-refractivity contribution in [3.05, 3.63) is 182 Å². The van der Waals surface area contributed by atoms with Gasteiger partial charge in [-0.1, -0.05) is 109 Å². The second kappa shape index (κ2) is 25.2. The van der Waals surface area contributed by atoms with E-state index in [-0.39, 0.29) is 44.8 Å². The third-order valence-electron chi connectivity index (χ3n) is 7.18. The zero-order chi connectivity index (χ0) is 37.6. The molecule has 0 amide bonds. The van der Waals surface area contributed by atoms with Gasteiger partial charge in [-0.2, -0.15) is 0 Å². The van der Waals surface area contributed by atoms with Crippen molar-refractivity contribution in [2.24, 2.45) is 0 Å². The van der Waals surface area contributed by atoms with Crippen LogP contribution in [0.25, 0.3) is 0 Å². The van der Waals surface area contributed by atoms with Crippen LogP contribution in [0.2, 0.25) is 0 Å². The van der Waals surface area contributed by atoms with Crippen LogP contribution in [0, 0.1) is 0 Å². The van der Waals surface area contributed by atoms with Crippen LogP contribution >= 0.6 is 15.8 Å². The van der Waals surface area contributed by atoms with Crippen molar-refractivity contribution in [2.75, 3.05) is 0 Å². The molecule has 0 aliphatic carbocycles. The average molecular weight is 837 g/mol. The van der Waals surface area contributed by atoms with E-state index in [4.69, 9.17) is 10.2 Å². The molecule has 0 aromatic heterocycles. The predicted octanol–water partition coefficient (Wildman–Crippen LogP) is 6.45. The summed E-state index contributed by atoms with van der Waals surface area (Å²) >= 11 is 0. The molecule has 6 aromatic rings. The number of ketones is 2. The van der Waals surface area contributed by atoms with Crippen LogP contribution in [0.1, 0.15) is 26.7 Å². The number of carboxylic acids is 2. The topological polar surface area (TPSA) is 109 Å². The fraction of sp³-hybridized carbons (Fsp3) is 0.0909. The molecule has 0 spiro atoms. The van der Waals surface area contributed by atoms with E-state index >= 15 is 0 Å². The predicted molar refractivity (Wildman–Crippen MR) is 219 cm³/mol. The number of Topliss-reactive ketones (excluding diaryl/α,β-unsaturated/α-hetero) is 2. The molecule has 53 heavy (non-hydrogen) atoms. The van der Waals surface area contributed by atoms with Crippen molar-refractivity contribution in [1.82, 2.24) is 0 Å². The molecular weight excluding hydrogens is 793 g/mol. The van der Waals surface area contributed by atoms with E-state index in [1.54, 1.807) is 0 Å². The van der Waals surface area contributed by atoms with Gasteiger partial charge in [0.05, 0.1) is 15.8 Å². The summed E-state index contributed by atoms with van der Waals surface area (Å²) < 4.78 is 0. The standard InChI is InChI=1S/2C18H15P.2C4H6O3.Pd/c2*1-4-10-16(11-5-1)19(17-12-6-2-7-13-17)18-14-8-3-9-15-18;2*1-3(5)2-4(6)7;/h2*1-15H;2*2H2,1H3,(H,6,7);/p+2. The van der Waals surface area contributed by atoms with Crippen molar-refractivity contribution in [2.45, 2.75) is 26.7 Å². The van der Waals surface area contributed by atoms with Crippen LogP contribution in [0.3, 0.4) is 0 Å². The average Bonchev–Trinajstić information content (AvgIpc) is 3.14. The zero-order valence-corrected chi connectivity index (χ0v) is 33.1. The Morgan fingerprint density at radius 2 is 0.509 bits per heavy atom. The van der Waals surface area contributed by atoms with Crippen molar-refractivity contribution in [1.29, 1.82) is 0 Å². The molecular formula is C44H44O6P2Pd+2. The Labute approximate surface area is 328 Å². The molecule has 0 aliphatic heterocycles. The van der Waals surface area contributed by atoms with Crippen molar-refractivity contribution in [3.8, 4) is 0 Å². The Bertz CT molecular complexity index is 1580. The van der Waals surface area contributed by atoms with Gasteiger partial charge in [-0.3, -0.25) is 19.2 Å². The molecule has 0 bridgehead atoms. The van der Waals surface area contributed by atoms with Gasteiger partial charge >= 0.3 is 11.9 Å². The summed E-state index contributed by atoms with van der Waals surface area (Å²) in [5.41, 5.74) is 0. The van der Waals surface area contributed by atoms with E-state index in [0.717, 1.165) is 0 Å². The number of hydrogen-bond acceptors (Lipinski definition) is 4. The van der Waals surface area contributed by atoms with Gasteiger partial charge in [0, 0.05) is 20.4 Å². The fourth-order valence-electron chi connectivity index (χ4n) is 5.05. The molecule has 0 saturated heterocycles. The maximum atomic E-state index is 9.87. The number of rotatable bonds is 10. The first-order chi connectivity index (χ1) is 25.2. The molecule has 0 fully saturated rings. The summed E-state index contributed by atoms with van der Waals surface area (Å²) in [5, 5.41) is 24.3. The molecule has 2 N–H and O–H groups in total. The van der Waals surface area contributed by atoms with Gasteiger partial charge in [-0.15, -0.1) is 0 Å². The van der Waals surface area contributed by atoms with E-state index in [9.17, 15) is 19.2 Å². The van der Waals surface area contributed by atoms with Crippen LogP contribution < -0.4 is 31.8 Å². The summed E-state index contributed by atoms with van der Waals surface area (Å²) in [6, 6.07) is 65.0. The summed E-state index contributed by atoms with van der Waals surface area (Å²) in [6.45, 7) is 2.49. The van der Waals surface area contributed by atoms with Crippen LogP contribution in [-0.4, -0.2) is 33.7 Å². The van der Waals surface area contributed by atoms with Crippen LogP contribution in [0.4, 0.5) is 0 Å². The number of aliphatic carboxylic acids is 2. The molecule has 0 radical (unpaired) electrons. The minimum absolute atomic E-state index is 0. The second-order valence-corrected chi connectivity index (χ2v) is 16.5.